The van der Waals surface area contributed by atoms with E-state index in [1.165, 1.54) is 21.7 Å². The van der Waals surface area contributed by atoms with E-state index >= 15 is 0 Å². The zero-order valence-corrected chi connectivity index (χ0v) is 13.6. The van der Waals surface area contributed by atoms with Crippen molar-refractivity contribution in [3.05, 3.63) is 72.3 Å². The lowest BCUT2D eigenvalue weighted by Gasteiger charge is -2.10. The number of aromatic nitrogens is 1. The maximum Gasteiger partial charge on any atom is 0.102 e. The number of rotatable bonds is 2. The summed E-state index contributed by atoms with van der Waals surface area (Å²) >= 11 is 1.62. The van der Waals surface area contributed by atoms with Crippen molar-refractivity contribution in [1.29, 1.82) is 0 Å². The highest BCUT2D eigenvalue weighted by Crippen LogP contribution is 2.34. The highest BCUT2D eigenvalue weighted by Gasteiger charge is 2.09. The standard InChI is InChI=1S/C20H16N2S/c1-13-12-19(23-18-9-5-4-8-17(18)21)22-20-15(13)11-10-14-6-2-3-7-16(14)20/h2-12H,21H2,1H3. The Labute approximate surface area is 139 Å². The zero-order chi connectivity index (χ0) is 15.8. The van der Waals surface area contributed by atoms with Crippen LogP contribution in [0.15, 0.2) is 76.7 Å². The maximum atomic E-state index is 6.06. The van der Waals surface area contributed by atoms with Crippen LogP contribution in [0.5, 0.6) is 0 Å². The molecule has 0 amide bonds. The number of nitrogens with two attached hydrogens (primary N) is 1. The van der Waals surface area contributed by atoms with E-state index in [-0.39, 0.29) is 0 Å². The van der Waals surface area contributed by atoms with Gasteiger partial charge < -0.3 is 5.73 Å². The van der Waals surface area contributed by atoms with Crippen molar-refractivity contribution in [2.24, 2.45) is 0 Å². The third kappa shape index (κ3) is 2.53. The van der Waals surface area contributed by atoms with Crippen molar-refractivity contribution in [1.82, 2.24) is 4.98 Å². The lowest BCUT2D eigenvalue weighted by molar-refractivity contribution is 1.17. The molecule has 0 aliphatic carbocycles. The second-order valence-corrected chi connectivity index (χ2v) is 6.66. The summed E-state index contributed by atoms with van der Waals surface area (Å²) in [5.41, 5.74) is 9.14. The van der Waals surface area contributed by atoms with E-state index in [0.717, 1.165) is 21.1 Å². The molecular weight excluding hydrogens is 300 g/mol. The predicted octanol–water partition coefficient (Wildman–Crippen LogP) is 5.43. The third-order valence-corrected chi connectivity index (χ3v) is 5.03. The monoisotopic (exact) mass is 316 g/mol. The van der Waals surface area contributed by atoms with Crippen molar-refractivity contribution in [2.45, 2.75) is 16.8 Å². The van der Waals surface area contributed by atoms with Crippen LogP contribution in [0.25, 0.3) is 21.7 Å². The van der Waals surface area contributed by atoms with Crippen molar-refractivity contribution in [3.63, 3.8) is 0 Å². The molecule has 1 heterocycles. The molecular formula is C20H16N2S. The summed E-state index contributed by atoms with van der Waals surface area (Å²) in [7, 11) is 0. The predicted molar refractivity (Wildman–Crippen MR) is 99.0 cm³/mol. The number of hydrogen-bond donors (Lipinski definition) is 1. The minimum absolute atomic E-state index is 0.787. The Morgan fingerprint density at radius 3 is 2.52 bits per heavy atom. The maximum absolute atomic E-state index is 6.06. The Morgan fingerprint density at radius 2 is 1.65 bits per heavy atom. The summed E-state index contributed by atoms with van der Waals surface area (Å²) in [4.78, 5) is 5.95. The Bertz CT molecular complexity index is 1020. The molecule has 0 aliphatic rings. The molecule has 3 aromatic carbocycles. The van der Waals surface area contributed by atoms with Crippen LogP contribution in [0.3, 0.4) is 0 Å². The summed E-state index contributed by atoms with van der Waals surface area (Å²) in [5.74, 6) is 0. The Balaban J connectivity index is 1.92. The normalized spacial score (nSPS) is 11.2. The molecule has 0 fully saturated rings. The van der Waals surface area contributed by atoms with Gasteiger partial charge in [-0.15, -0.1) is 0 Å². The van der Waals surface area contributed by atoms with E-state index in [2.05, 4.69) is 49.4 Å². The molecule has 2 nitrogen and oxygen atoms in total. The highest BCUT2D eigenvalue weighted by atomic mass is 32.2. The van der Waals surface area contributed by atoms with Gasteiger partial charge in [0.1, 0.15) is 5.03 Å². The highest BCUT2D eigenvalue weighted by molar-refractivity contribution is 7.99. The van der Waals surface area contributed by atoms with Gasteiger partial charge in [-0.25, -0.2) is 4.98 Å². The second-order valence-electron chi connectivity index (χ2n) is 5.60. The molecule has 0 saturated carbocycles. The molecule has 0 bridgehead atoms. The van der Waals surface area contributed by atoms with Gasteiger partial charge in [-0.2, -0.15) is 0 Å². The Hall–Kier alpha value is -2.52. The topological polar surface area (TPSA) is 38.9 Å². The molecule has 1 aromatic heterocycles. The molecule has 4 rings (SSSR count). The van der Waals surface area contributed by atoms with Gasteiger partial charge in [-0.3, -0.25) is 0 Å². The first kappa shape index (κ1) is 14.1. The lowest BCUT2D eigenvalue weighted by atomic mass is 10.0. The lowest BCUT2D eigenvalue weighted by Crippen LogP contribution is -1.91. The first-order valence-corrected chi connectivity index (χ1v) is 8.35. The summed E-state index contributed by atoms with van der Waals surface area (Å²) in [6, 6.07) is 22.7. The van der Waals surface area contributed by atoms with Gasteiger partial charge in [-0.1, -0.05) is 60.3 Å². The van der Waals surface area contributed by atoms with Gasteiger partial charge in [0.25, 0.3) is 0 Å². The van der Waals surface area contributed by atoms with Gasteiger partial charge in [-0.05, 0) is 36.1 Å². The minimum Gasteiger partial charge on any atom is -0.398 e. The van der Waals surface area contributed by atoms with Crippen LogP contribution in [-0.2, 0) is 0 Å². The first-order valence-electron chi connectivity index (χ1n) is 7.54. The average molecular weight is 316 g/mol. The fourth-order valence-corrected chi connectivity index (χ4v) is 3.77. The van der Waals surface area contributed by atoms with E-state index in [9.17, 15) is 0 Å². The molecule has 3 heteroatoms. The molecule has 0 radical (unpaired) electrons. The Kier molecular flexibility index (Phi) is 3.43. The van der Waals surface area contributed by atoms with E-state index in [1.54, 1.807) is 11.8 Å². The summed E-state index contributed by atoms with van der Waals surface area (Å²) in [6.07, 6.45) is 0. The number of hydrogen-bond acceptors (Lipinski definition) is 3. The van der Waals surface area contributed by atoms with E-state index < -0.39 is 0 Å². The fourth-order valence-electron chi connectivity index (χ4n) is 2.84. The summed E-state index contributed by atoms with van der Waals surface area (Å²) in [6.45, 7) is 2.14. The SMILES string of the molecule is Cc1cc(Sc2ccccc2N)nc2c1ccc1ccccc12. The zero-order valence-electron chi connectivity index (χ0n) is 12.8. The van der Waals surface area contributed by atoms with Crippen LogP contribution in [-0.4, -0.2) is 4.98 Å². The summed E-state index contributed by atoms with van der Waals surface area (Å²) < 4.78 is 0. The Morgan fingerprint density at radius 1 is 0.870 bits per heavy atom. The largest absolute Gasteiger partial charge is 0.398 e. The van der Waals surface area contributed by atoms with Crippen LogP contribution in [0.2, 0.25) is 0 Å². The van der Waals surface area contributed by atoms with Gasteiger partial charge >= 0.3 is 0 Å². The van der Waals surface area contributed by atoms with E-state index in [4.69, 9.17) is 10.7 Å². The molecule has 23 heavy (non-hydrogen) atoms. The molecule has 0 aliphatic heterocycles. The number of aryl methyl sites for hydroxylation is 1. The number of benzene rings is 3. The van der Waals surface area contributed by atoms with Gasteiger partial charge in [0, 0.05) is 21.4 Å². The number of pyridine rings is 1. The number of nitrogen functional groups attached to an aromatic ring is 1. The van der Waals surface area contributed by atoms with Gasteiger partial charge in [0.2, 0.25) is 0 Å². The number of fused-ring (bicyclic) bond motifs is 3. The number of anilines is 1. The van der Waals surface area contributed by atoms with E-state index in [1.807, 2.05) is 24.3 Å². The molecule has 112 valence electrons. The minimum atomic E-state index is 0.787. The molecule has 0 spiro atoms. The van der Waals surface area contributed by atoms with Crippen molar-refractivity contribution in [3.8, 4) is 0 Å². The molecule has 4 aromatic rings. The van der Waals surface area contributed by atoms with Crippen LogP contribution < -0.4 is 5.73 Å². The first-order chi connectivity index (χ1) is 11.2. The van der Waals surface area contributed by atoms with Crippen LogP contribution in [0.4, 0.5) is 5.69 Å². The fraction of sp³-hybridized carbons (Fsp3) is 0.0500. The van der Waals surface area contributed by atoms with Crippen molar-refractivity contribution in [2.75, 3.05) is 5.73 Å². The van der Waals surface area contributed by atoms with Crippen LogP contribution in [0.1, 0.15) is 5.56 Å². The molecule has 0 atom stereocenters. The van der Waals surface area contributed by atoms with Gasteiger partial charge in [0.15, 0.2) is 0 Å². The van der Waals surface area contributed by atoms with Gasteiger partial charge in [0.05, 0.1) is 5.52 Å². The van der Waals surface area contributed by atoms with E-state index in [0.29, 0.717) is 0 Å². The van der Waals surface area contributed by atoms with Crippen LogP contribution in [0, 0.1) is 6.92 Å². The van der Waals surface area contributed by atoms with Crippen molar-refractivity contribution >= 4 is 39.1 Å². The molecule has 0 unspecified atom stereocenters. The average Bonchev–Trinajstić information content (AvgIpc) is 2.57. The number of para-hydroxylation sites is 1. The third-order valence-electron chi connectivity index (χ3n) is 4.02. The molecule has 0 saturated heterocycles. The quantitative estimate of drug-likeness (QED) is 0.396. The molecule has 2 N–H and O–H groups in total. The second kappa shape index (κ2) is 5.60. The smallest absolute Gasteiger partial charge is 0.102 e. The number of nitrogens with zero attached hydrogens (tertiary/aromatic N) is 1. The van der Waals surface area contributed by atoms with Crippen LogP contribution >= 0.6 is 11.8 Å². The van der Waals surface area contributed by atoms with Crippen molar-refractivity contribution < 1.29 is 0 Å². The summed E-state index contributed by atoms with van der Waals surface area (Å²) in [5, 5.41) is 4.59.